The number of urea groups is 1. The molecule has 1 atom stereocenters. The molecule has 0 aliphatic heterocycles. The summed E-state index contributed by atoms with van der Waals surface area (Å²) in [6, 6.07) is 13.2. The SMILES string of the molecule is O=C(Nc1ccc(Cl)cc1)N[C@@H](Cc1ccc(Cl)cc1)c1noc(C2(CO)CC2)n1. The second-order valence-electron chi connectivity index (χ2n) is 7.38. The molecule has 3 aromatic rings. The number of hydrogen-bond acceptors (Lipinski definition) is 5. The molecule has 0 saturated heterocycles. The van der Waals surface area contributed by atoms with E-state index in [0.717, 1.165) is 18.4 Å². The fraction of sp³-hybridized carbons (Fsp3) is 0.286. The molecular weight excluding hydrogens is 427 g/mol. The minimum absolute atomic E-state index is 0.0407. The molecule has 1 aromatic heterocycles. The fourth-order valence-electron chi connectivity index (χ4n) is 3.10. The summed E-state index contributed by atoms with van der Waals surface area (Å²) < 4.78 is 5.41. The van der Waals surface area contributed by atoms with Crippen LogP contribution in [0.4, 0.5) is 10.5 Å². The smallest absolute Gasteiger partial charge is 0.319 e. The van der Waals surface area contributed by atoms with Gasteiger partial charge in [-0.2, -0.15) is 4.98 Å². The Bertz CT molecular complexity index is 1020. The summed E-state index contributed by atoms with van der Waals surface area (Å²) in [5, 5.41) is 20.6. The molecule has 2 aromatic carbocycles. The van der Waals surface area contributed by atoms with Crippen molar-refractivity contribution in [3.05, 3.63) is 75.9 Å². The Morgan fingerprint density at radius 3 is 2.33 bits per heavy atom. The zero-order valence-electron chi connectivity index (χ0n) is 15.9. The highest BCUT2D eigenvalue weighted by atomic mass is 35.5. The summed E-state index contributed by atoms with van der Waals surface area (Å²) in [5.41, 5.74) is 1.11. The average molecular weight is 447 g/mol. The Morgan fingerprint density at radius 1 is 1.10 bits per heavy atom. The van der Waals surface area contributed by atoms with Crippen LogP contribution >= 0.6 is 23.2 Å². The van der Waals surface area contributed by atoms with Gasteiger partial charge in [0, 0.05) is 22.2 Å². The van der Waals surface area contributed by atoms with Gasteiger partial charge in [0.15, 0.2) is 5.82 Å². The molecular formula is C21H20Cl2N4O3. The van der Waals surface area contributed by atoms with Crippen molar-refractivity contribution in [3.63, 3.8) is 0 Å². The Hall–Kier alpha value is -2.61. The lowest BCUT2D eigenvalue weighted by atomic mass is 10.1. The molecule has 156 valence electrons. The first-order valence-corrected chi connectivity index (χ1v) is 10.3. The molecule has 1 heterocycles. The van der Waals surface area contributed by atoms with E-state index in [4.69, 9.17) is 27.7 Å². The Morgan fingerprint density at radius 2 is 1.73 bits per heavy atom. The normalized spacial score (nSPS) is 15.4. The summed E-state index contributed by atoms with van der Waals surface area (Å²) in [5.74, 6) is 0.756. The van der Waals surface area contributed by atoms with Crippen LogP contribution in [0.5, 0.6) is 0 Å². The van der Waals surface area contributed by atoms with Crippen LogP contribution < -0.4 is 10.6 Å². The van der Waals surface area contributed by atoms with E-state index in [9.17, 15) is 9.90 Å². The number of carbonyl (C=O) groups is 1. The maximum atomic E-state index is 12.6. The number of rotatable bonds is 7. The molecule has 3 N–H and O–H groups in total. The van der Waals surface area contributed by atoms with Gasteiger partial charge in [0.1, 0.15) is 0 Å². The van der Waals surface area contributed by atoms with Crippen LogP contribution in [-0.4, -0.2) is 27.9 Å². The predicted octanol–water partition coefficient (Wildman–Crippen LogP) is 4.51. The molecule has 0 spiro atoms. The van der Waals surface area contributed by atoms with E-state index in [1.807, 2.05) is 12.1 Å². The molecule has 1 saturated carbocycles. The molecule has 2 amide bonds. The summed E-state index contributed by atoms with van der Waals surface area (Å²) in [6.07, 6.45) is 2.05. The first kappa shape index (κ1) is 20.7. The van der Waals surface area contributed by atoms with E-state index >= 15 is 0 Å². The van der Waals surface area contributed by atoms with Gasteiger partial charge < -0.3 is 20.3 Å². The third-order valence-corrected chi connectivity index (χ3v) is 5.63. The van der Waals surface area contributed by atoms with Crippen LogP contribution in [0.2, 0.25) is 10.0 Å². The largest absolute Gasteiger partial charge is 0.395 e. The molecule has 7 nitrogen and oxygen atoms in total. The van der Waals surface area contributed by atoms with Gasteiger partial charge in [-0.25, -0.2) is 4.79 Å². The quantitative estimate of drug-likeness (QED) is 0.495. The van der Waals surface area contributed by atoms with Gasteiger partial charge in [-0.1, -0.05) is 40.5 Å². The van der Waals surface area contributed by atoms with Crippen LogP contribution in [-0.2, 0) is 11.8 Å². The number of aliphatic hydroxyl groups excluding tert-OH is 1. The van der Waals surface area contributed by atoms with Gasteiger partial charge in [0.05, 0.1) is 18.1 Å². The fourth-order valence-corrected chi connectivity index (χ4v) is 3.36. The first-order valence-electron chi connectivity index (χ1n) is 9.50. The zero-order valence-corrected chi connectivity index (χ0v) is 17.5. The lowest BCUT2D eigenvalue weighted by Gasteiger charge is -2.16. The zero-order chi connectivity index (χ0) is 21.1. The summed E-state index contributed by atoms with van der Waals surface area (Å²) in [7, 11) is 0. The van der Waals surface area contributed by atoms with Crippen LogP contribution in [0.3, 0.4) is 0 Å². The predicted molar refractivity (Wildman–Crippen MR) is 114 cm³/mol. The number of nitrogens with one attached hydrogen (secondary N) is 2. The van der Waals surface area contributed by atoms with Crippen LogP contribution in [0.1, 0.15) is 36.2 Å². The van der Waals surface area contributed by atoms with Crippen molar-refractivity contribution in [2.75, 3.05) is 11.9 Å². The third-order valence-electron chi connectivity index (χ3n) is 5.12. The topological polar surface area (TPSA) is 100 Å². The maximum Gasteiger partial charge on any atom is 0.319 e. The minimum Gasteiger partial charge on any atom is -0.395 e. The average Bonchev–Trinajstić information content (AvgIpc) is 3.38. The van der Waals surface area contributed by atoms with E-state index in [-0.39, 0.29) is 6.61 Å². The molecule has 30 heavy (non-hydrogen) atoms. The number of anilines is 1. The molecule has 4 rings (SSSR count). The number of aliphatic hydroxyl groups is 1. The summed E-state index contributed by atoms with van der Waals surface area (Å²) >= 11 is 11.9. The first-order chi connectivity index (χ1) is 14.5. The van der Waals surface area contributed by atoms with Crippen molar-refractivity contribution in [1.29, 1.82) is 0 Å². The molecule has 0 unspecified atom stereocenters. The maximum absolute atomic E-state index is 12.6. The molecule has 1 aliphatic carbocycles. The molecule has 0 bridgehead atoms. The number of nitrogens with zero attached hydrogens (tertiary/aromatic N) is 2. The molecule has 1 fully saturated rings. The number of benzene rings is 2. The number of hydrogen-bond donors (Lipinski definition) is 3. The number of aromatic nitrogens is 2. The van der Waals surface area contributed by atoms with Gasteiger partial charge in [-0.3, -0.25) is 0 Å². The second kappa shape index (κ2) is 8.63. The van der Waals surface area contributed by atoms with Crippen molar-refractivity contribution >= 4 is 34.9 Å². The van der Waals surface area contributed by atoms with E-state index in [0.29, 0.717) is 33.9 Å². The van der Waals surface area contributed by atoms with Gasteiger partial charge in [-0.05, 0) is 54.8 Å². The van der Waals surface area contributed by atoms with Gasteiger partial charge in [0.25, 0.3) is 0 Å². The summed E-state index contributed by atoms with van der Waals surface area (Å²) in [4.78, 5) is 17.1. The monoisotopic (exact) mass is 446 g/mol. The van der Waals surface area contributed by atoms with Gasteiger partial charge in [-0.15, -0.1) is 0 Å². The van der Waals surface area contributed by atoms with Crippen molar-refractivity contribution in [1.82, 2.24) is 15.5 Å². The number of amides is 2. The summed E-state index contributed by atoms with van der Waals surface area (Å²) in [6.45, 7) is -0.0407. The standard InChI is InChI=1S/C21H20Cl2N4O3/c22-14-3-1-13(2-4-14)11-17(18-26-19(30-27-18)21(12-28)9-10-21)25-20(29)24-16-7-5-15(23)6-8-16/h1-8,17,28H,9-12H2,(H2,24,25,29)/t17-/m0/s1. The van der Waals surface area contributed by atoms with Crippen molar-refractivity contribution in [2.45, 2.75) is 30.7 Å². The highest BCUT2D eigenvalue weighted by molar-refractivity contribution is 6.30. The van der Waals surface area contributed by atoms with Gasteiger partial charge in [0.2, 0.25) is 5.89 Å². The van der Waals surface area contributed by atoms with Crippen LogP contribution in [0.25, 0.3) is 0 Å². The van der Waals surface area contributed by atoms with E-state index < -0.39 is 17.5 Å². The Labute approximate surface area is 183 Å². The Kier molecular flexibility index (Phi) is 5.94. The van der Waals surface area contributed by atoms with E-state index in [2.05, 4.69) is 20.8 Å². The molecule has 1 aliphatic rings. The van der Waals surface area contributed by atoms with Crippen LogP contribution in [0.15, 0.2) is 53.1 Å². The van der Waals surface area contributed by atoms with E-state index in [1.165, 1.54) is 0 Å². The lowest BCUT2D eigenvalue weighted by molar-refractivity contribution is 0.221. The van der Waals surface area contributed by atoms with E-state index in [1.54, 1.807) is 36.4 Å². The highest BCUT2D eigenvalue weighted by Crippen LogP contribution is 2.47. The minimum atomic E-state index is -0.537. The lowest BCUT2D eigenvalue weighted by Crippen LogP contribution is -2.34. The number of carbonyl (C=O) groups excluding carboxylic acids is 1. The van der Waals surface area contributed by atoms with Crippen molar-refractivity contribution in [2.24, 2.45) is 0 Å². The Balaban J connectivity index is 1.53. The number of halogens is 2. The molecule has 0 radical (unpaired) electrons. The van der Waals surface area contributed by atoms with Gasteiger partial charge >= 0.3 is 6.03 Å². The van der Waals surface area contributed by atoms with Crippen molar-refractivity contribution in [3.8, 4) is 0 Å². The van der Waals surface area contributed by atoms with Crippen LogP contribution in [0, 0.1) is 0 Å². The second-order valence-corrected chi connectivity index (χ2v) is 8.26. The highest BCUT2D eigenvalue weighted by Gasteiger charge is 2.49. The van der Waals surface area contributed by atoms with Crippen molar-refractivity contribution < 1.29 is 14.4 Å². The molecule has 9 heteroatoms. The third kappa shape index (κ3) is 4.75.